The predicted octanol–water partition coefficient (Wildman–Crippen LogP) is 3.85. The number of carbonyl (C=O) groups excluding carboxylic acids is 1. The molecule has 3 aromatic rings. The van der Waals surface area contributed by atoms with Crippen LogP contribution in [0.25, 0.3) is 10.9 Å². The summed E-state index contributed by atoms with van der Waals surface area (Å²) in [4.78, 5) is 13.3. The van der Waals surface area contributed by atoms with Crippen molar-refractivity contribution < 1.29 is 9.90 Å². The zero-order valence-corrected chi connectivity index (χ0v) is 16.5. The molecule has 1 aromatic heterocycles. The average molecular weight is 364 g/mol. The molecule has 0 amide bonds. The van der Waals surface area contributed by atoms with Crippen molar-refractivity contribution in [1.82, 2.24) is 9.88 Å². The van der Waals surface area contributed by atoms with Crippen molar-refractivity contribution >= 4 is 16.7 Å². The molecule has 1 heterocycles. The van der Waals surface area contributed by atoms with Gasteiger partial charge in [0.25, 0.3) is 0 Å². The topological polar surface area (TPSA) is 54.3 Å². The lowest BCUT2D eigenvalue weighted by molar-refractivity contribution is 0.102. The second-order valence-electron chi connectivity index (χ2n) is 7.51. The Bertz CT molecular complexity index is 939. The number of aromatic nitrogens is 1. The number of benzene rings is 2. The van der Waals surface area contributed by atoms with Gasteiger partial charge in [-0.05, 0) is 25.5 Å². The Hall–Kier alpha value is -2.43. The normalized spacial score (nSPS) is 12.7. The molecule has 4 nitrogen and oxygen atoms in total. The first-order chi connectivity index (χ1) is 12.9. The summed E-state index contributed by atoms with van der Waals surface area (Å²) < 4.78 is 1.97. The summed E-state index contributed by atoms with van der Waals surface area (Å²) in [5.41, 5.74) is 4.39. The van der Waals surface area contributed by atoms with Crippen LogP contribution in [0.2, 0.25) is 0 Å². The first kappa shape index (κ1) is 19.3. The van der Waals surface area contributed by atoms with E-state index in [9.17, 15) is 9.90 Å². The van der Waals surface area contributed by atoms with Crippen LogP contribution in [0, 0.1) is 13.8 Å². The molecule has 0 fully saturated rings. The Balaban J connectivity index is 2.04. The molecular formula is C23H28N2O2. The maximum atomic E-state index is 13.3. The van der Waals surface area contributed by atoms with Crippen LogP contribution in [0.4, 0.5) is 0 Å². The van der Waals surface area contributed by atoms with Crippen molar-refractivity contribution in [3.63, 3.8) is 0 Å². The molecular weight excluding hydrogens is 336 g/mol. The molecule has 27 heavy (non-hydrogen) atoms. The lowest BCUT2D eigenvalue weighted by atomic mass is 10.0. The number of rotatable bonds is 7. The predicted molar refractivity (Wildman–Crippen MR) is 110 cm³/mol. The number of para-hydroxylation sites is 1. The molecule has 1 atom stereocenters. The molecule has 0 saturated heterocycles. The summed E-state index contributed by atoms with van der Waals surface area (Å²) >= 11 is 0. The number of nitrogens with zero attached hydrogens (tertiary/aromatic N) is 1. The van der Waals surface area contributed by atoms with Gasteiger partial charge in [0.2, 0.25) is 5.78 Å². The molecule has 0 bridgehead atoms. The number of aliphatic hydroxyl groups excluding tert-OH is 1. The third-order valence-electron chi connectivity index (χ3n) is 4.91. The van der Waals surface area contributed by atoms with Gasteiger partial charge in [0.1, 0.15) is 0 Å². The molecule has 4 heteroatoms. The fraction of sp³-hybridized carbons (Fsp3) is 0.348. The molecule has 0 aliphatic heterocycles. The van der Waals surface area contributed by atoms with Gasteiger partial charge in [-0.15, -0.1) is 0 Å². The molecule has 142 valence electrons. The van der Waals surface area contributed by atoms with Crippen LogP contribution in [0.15, 0.2) is 48.5 Å². The van der Waals surface area contributed by atoms with E-state index in [0.717, 1.165) is 22.0 Å². The minimum absolute atomic E-state index is 0.00674. The smallest absolute Gasteiger partial charge is 0.209 e. The zero-order chi connectivity index (χ0) is 19.6. The van der Waals surface area contributed by atoms with Crippen LogP contribution in [0.1, 0.15) is 41.0 Å². The van der Waals surface area contributed by atoms with Crippen LogP contribution in [0.5, 0.6) is 0 Å². The molecule has 0 aliphatic carbocycles. The Morgan fingerprint density at radius 1 is 1.07 bits per heavy atom. The molecule has 0 saturated carbocycles. The number of nitrogens with one attached hydrogen (secondary N) is 1. The Kier molecular flexibility index (Phi) is 5.78. The van der Waals surface area contributed by atoms with E-state index in [0.29, 0.717) is 30.4 Å². The van der Waals surface area contributed by atoms with E-state index in [1.807, 2.05) is 80.8 Å². The van der Waals surface area contributed by atoms with Crippen LogP contribution in [-0.4, -0.2) is 34.1 Å². The SMILES string of the molecule is Cc1ccc(C(=O)c2c(C)c3ccccc3n2CC(O)CNC(C)C)cc1. The van der Waals surface area contributed by atoms with Crippen molar-refractivity contribution in [2.24, 2.45) is 0 Å². The van der Waals surface area contributed by atoms with Crippen LogP contribution in [-0.2, 0) is 6.54 Å². The van der Waals surface area contributed by atoms with Gasteiger partial charge in [-0.3, -0.25) is 4.79 Å². The number of hydrogen-bond donors (Lipinski definition) is 2. The average Bonchev–Trinajstić information content (AvgIpc) is 2.92. The molecule has 0 spiro atoms. The van der Waals surface area contributed by atoms with Gasteiger partial charge in [-0.1, -0.05) is 61.9 Å². The van der Waals surface area contributed by atoms with Crippen LogP contribution in [0.3, 0.4) is 0 Å². The number of hydrogen-bond acceptors (Lipinski definition) is 3. The number of aliphatic hydroxyl groups is 1. The van der Waals surface area contributed by atoms with Crippen molar-refractivity contribution in [1.29, 1.82) is 0 Å². The second-order valence-corrected chi connectivity index (χ2v) is 7.51. The zero-order valence-electron chi connectivity index (χ0n) is 16.5. The van der Waals surface area contributed by atoms with E-state index >= 15 is 0 Å². The van der Waals surface area contributed by atoms with Gasteiger partial charge in [-0.25, -0.2) is 0 Å². The standard InChI is InChI=1S/C23H28N2O2/c1-15(2)24-13-19(26)14-25-21-8-6-5-7-20(21)17(4)22(25)23(27)18-11-9-16(3)10-12-18/h5-12,15,19,24,26H,13-14H2,1-4H3. The fourth-order valence-corrected chi connectivity index (χ4v) is 3.45. The molecule has 0 radical (unpaired) electrons. The highest BCUT2D eigenvalue weighted by molar-refractivity contribution is 6.12. The van der Waals surface area contributed by atoms with Crippen LogP contribution >= 0.6 is 0 Å². The van der Waals surface area contributed by atoms with Gasteiger partial charge in [0, 0.05) is 29.1 Å². The molecule has 3 rings (SSSR count). The quantitative estimate of drug-likeness (QED) is 0.626. The highest BCUT2D eigenvalue weighted by Gasteiger charge is 2.22. The van der Waals surface area contributed by atoms with Gasteiger partial charge in [0.15, 0.2) is 0 Å². The Morgan fingerprint density at radius 2 is 1.74 bits per heavy atom. The number of aryl methyl sites for hydroxylation is 2. The molecule has 1 unspecified atom stereocenters. The monoisotopic (exact) mass is 364 g/mol. The minimum atomic E-state index is -0.577. The highest BCUT2D eigenvalue weighted by atomic mass is 16.3. The lowest BCUT2D eigenvalue weighted by Gasteiger charge is -2.18. The molecule has 2 aromatic carbocycles. The number of fused-ring (bicyclic) bond motifs is 1. The summed E-state index contributed by atoms with van der Waals surface area (Å²) in [6.07, 6.45) is -0.577. The maximum absolute atomic E-state index is 13.3. The Morgan fingerprint density at radius 3 is 2.41 bits per heavy atom. The first-order valence-electron chi connectivity index (χ1n) is 9.49. The van der Waals surface area contributed by atoms with Crippen molar-refractivity contribution in [2.45, 2.75) is 46.4 Å². The summed E-state index contributed by atoms with van der Waals surface area (Å²) in [6.45, 7) is 8.96. The van der Waals surface area contributed by atoms with E-state index in [1.54, 1.807) is 0 Å². The minimum Gasteiger partial charge on any atom is -0.390 e. The van der Waals surface area contributed by atoms with Gasteiger partial charge < -0.3 is 15.0 Å². The third-order valence-corrected chi connectivity index (χ3v) is 4.91. The maximum Gasteiger partial charge on any atom is 0.209 e. The fourth-order valence-electron chi connectivity index (χ4n) is 3.45. The number of ketones is 1. The summed E-state index contributed by atoms with van der Waals surface area (Å²) in [5.74, 6) is -0.00674. The van der Waals surface area contributed by atoms with Crippen molar-refractivity contribution in [3.05, 3.63) is 70.9 Å². The van der Waals surface area contributed by atoms with Crippen LogP contribution < -0.4 is 5.32 Å². The molecule has 2 N–H and O–H groups in total. The van der Waals surface area contributed by atoms with E-state index in [4.69, 9.17) is 0 Å². The van der Waals surface area contributed by atoms with E-state index in [2.05, 4.69) is 5.32 Å². The summed E-state index contributed by atoms with van der Waals surface area (Å²) in [5, 5.41) is 14.9. The third kappa shape index (κ3) is 4.12. The highest BCUT2D eigenvalue weighted by Crippen LogP contribution is 2.28. The summed E-state index contributed by atoms with van der Waals surface area (Å²) in [7, 11) is 0. The number of carbonyl (C=O) groups is 1. The van der Waals surface area contributed by atoms with Crippen molar-refractivity contribution in [2.75, 3.05) is 6.54 Å². The van der Waals surface area contributed by atoms with Gasteiger partial charge in [0.05, 0.1) is 18.3 Å². The van der Waals surface area contributed by atoms with Crippen molar-refractivity contribution in [3.8, 4) is 0 Å². The van der Waals surface area contributed by atoms with E-state index in [1.165, 1.54) is 0 Å². The summed E-state index contributed by atoms with van der Waals surface area (Å²) in [6, 6.07) is 16.0. The second kappa shape index (κ2) is 8.07. The van der Waals surface area contributed by atoms with E-state index in [-0.39, 0.29) is 5.78 Å². The molecule has 0 aliphatic rings. The van der Waals surface area contributed by atoms with E-state index < -0.39 is 6.10 Å². The Labute approximate surface area is 160 Å². The lowest BCUT2D eigenvalue weighted by Crippen LogP contribution is -2.34. The largest absolute Gasteiger partial charge is 0.390 e. The van der Waals surface area contributed by atoms with Gasteiger partial charge >= 0.3 is 0 Å². The van der Waals surface area contributed by atoms with Gasteiger partial charge in [-0.2, -0.15) is 0 Å². The first-order valence-corrected chi connectivity index (χ1v) is 9.49.